The first kappa shape index (κ1) is 16.3. The summed E-state index contributed by atoms with van der Waals surface area (Å²) >= 11 is 0. The van der Waals surface area contributed by atoms with Gasteiger partial charge in [0, 0.05) is 11.8 Å². The molecule has 2 saturated carbocycles. The molecule has 0 aromatic heterocycles. The average molecular weight is 326 g/mol. The highest BCUT2D eigenvalue weighted by atomic mass is 16.8. The van der Waals surface area contributed by atoms with Crippen LogP contribution in [0.15, 0.2) is 0 Å². The maximum Gasteiger partial charge on any atom is 0.200 e. The fourth-order valence-electron chi connectivity index (χ4n) is 4.69. The summed E-state index contributed by atoms with van der Waals surface area (Å²) in [6, 6.07) is 0. The van der Waals surface area contributed by atoms with E-state index < -0.39 is 11.6 Å². The predicted molar refractivity (Wildman–Crippen MR) is 83.6 cm³/mol. The van der Waals surface area contributed by atoms with Gasteiger partial charge in [0.2, 0.25) is 11.6 Å². The van der Waals surface area contributed by atoms with Gasteiger partial charge in [0.25, 0.3) is 0 Å². The molecule has 23 heavy (non-hydrogen) atoms. The third-order valence-corrected chi connectivity index (χ3v) is 6.30. The molecule has 4 atom stereocenters. The second kappa shape index (κ2) is 6.26. The summed E-state index contributed by atoms with van der Waals surface area (Å²) in [6.07, 6.45) is 10.1. The first-order chi connectivity index (χ1) is 11.1. The van der Waals surface area contributed by atoms with Crippen molar-refractivity contribution in [1.82, 2.24) is 0 Å². The number of rotatable bonds is 6. The Morgan fingerprint density at radius 2 is 1.00 bits per heavy atom. The van der Waals surface area contributed by atoms with Crippen LogP contribution >= 0.6 is 0 Å². The highest BCUT2D eigenvalue weighted by molar-refractivity contribution is 5.00. The predicted octanol–water partition coefficient (Wildman–Crippen LogP) is 2.34. The van der Waals surface area contributed by atoms with Gasteiger partial charge in [-0.3, -0.25) is 0 Å². The maximum atomic E-state index is 11.4. The van der Waals surface area contributed by atoms with Crippen LogP contribution in [-0.2, 0) is 14.2 Å². The lowest BCUT2D eigenvalue weighted by Crippen LogP contribution is -2.58. The molecule has 0 spiro atoms. The Hall–Kier alpha value is -0.200. The minimum absolute atomic E-state index is 0.0533. The molecule has 4 aliphatic rings. The van der Waals surface area contributed by atoms with E-state index in [1.165, 1.54) is 12.8 Å². The molecular formula is C18H30O5. The van der Waals surface area contributed by atoms with Crippen LogP contribution in [0.3, 0.4) is 0 Å². The fourth-order valence-corrected chi connectivity index (χ4v) is 4.69. The number of ether oxygens (including phenoxy) is 3. The zero-order valence-corrected chi connectivity index (χ0v) is 13.9. The van der Waals surface area contributed by atoms with E-state index in [4.69, 9.17) is 14.2 Å². The van der Waals surface area contributed by atoms with Crippen LogP contribution < -0.4 is 0 Å². The van der Waals surface area contributed by atoms with E-state index in [1.54, 1.807) is 0 Å². The van der Waals surface area contributed by atoms with Crippen LogP contribution in [0.1, 0.15) is 64.2 Å². The minimum Gasteiger partial charge on any atom is -0.367 e. The Morgan fingerprint density at radius 1 is 0.652 bits per heavy atom. The van der Waals surface area contributed by atoms with Crippen molar-refractivity contribution in [1.29, 1.82) is 0 Å². The Labute approximate surface area is 138 Å². The van der Waals surface area contributed by atoms with Crippen molar-refractivity contribution in [3.8, 4) is 0 Å². The Morgan fingerprint density at radius 3 is 1.30 bits per heavy atom. The van der Waals surface area contributed by atoms with Crippen molar-refractivity contribution in [2.45, 2.75) is 88.0 Å². The minimum atomic E-state index is -1.36. The SMILES string of the molecule is OC(OC(O)(C1CCCCC1)C1CO1)(C1CCCCC1)C1CO1. The van der Waals surface area contributed by atoms with Crippen molar-refractivity contribution >= 4 is 0 Å². The molecule has 5 nitrogen and oxygen atoms in total. The summed E-state index contributed by atoms with van der Waals surface area (Å²) in [5.41, 5.74) is 0. The zero-order valence-electron chi connectivity index (χ0n) is 13.9. The van der Waals surface area contributed by atoms with Crippen LogP contribution in [0.25, 0.3) is 0 Å². The summed E-state index contributed by atoms with van der Waals surface area (Å²) in [4.78, 5) is 0. The van der Waals surface area contributed by atoms with E-state index in [9.17, 15) is 10.2 Å². The van der Waals surface area contributed by atoms with Crippen LogP contribution in [-0.4, -0.2) is 47.2 Å². The van der Waals surface area contributed by atoms with Crippen LogP contribution in [0.5, 0.6) is 0 Å². The van der Waals surface area contributed by atoms with E-state index >= 15 is 0 Å². The van der Waals surface area contributed by atoms with Gasteiger partial charge < -0.3 is 24.4 Å². The van der Waals surface area contributed by atoms with Gasteiger partial charge in [-0.05, 0) is 25.7 Å². The van der Waals surface area contributed by atoms with Gasteiger partial charge in [-0.1, -0.05) is 38.5 Å². The van der Waals surface area contributed by atoms with Gasteiger partial charge in [0.1, 0.15) is 12.2 Å². The van der Waals surface area contributed by atoms with E-state index in [-0.39, 0.29) is 24.0 Å². The molecule has 2 aliphatic heterocycles. The highest BCUT2D eigenvalue weighted by Crippen LogP contribution is 2.48. The third-order valence-electron chi connectivity index (χ3n) is 6.30. The summed E-state index contributed by atoms with van der Waals surface area (Å²) in [6.45, 7) is 1.05. The second-order valence-electron chi connectivity index (χ2n) is 7.92. The van der Waals surface area contributed by atoms with Crippen LogP contribution in [0, 0.1) is 11.8 Å². The van der Waals surface area contributed by atoms with Crippen molar-refractivity contribution in [2.75, 3.05) is 13.2 Å². The van der Waals surface area contributed by atoms with Crippen molar-refractivity contribution in [3.63, 3.8) is 0 Å². The van der Waals surface area contributed by atoms with E-state index in [0.717, 1.165) is 51.4 Å². The quantitative estimate of drug-likeness (QED) is 0.579. The van der Waals surface area contributed by atoms with E-state index in [0.29, 0.717) is 13.2 Å². The fraction of sp³-hybridized carbons (Fsp3) is 1.00. The monoisotopic (exact) mass is 326 g/mol. The molecule has 0 aromatic carbocycles. The molecule has 2 saturated heterocycles. The summed E-state index contributed by atoms with van der Waals surface area (Å²) in [5, 5.41) is 22.7. The number of epoxide rings is 2. The van der Waals surface area contributed by atoms with Crippen LogP contribution in [0.2, 0.25) is 0 Å². The van der Waals surface area contributed by atoms with Gasteiger partial charge in [-0.25, -0.2) is 0 Å². The third kappa shape index (κ3) is 3.19. The average Bonchev–Trinajstić information content (AvgIpc) is 3.48. The summed E-state index contributed by atoms with van der Waals surface area (Å²) < 4.78 is 17.1. The number of aliphatic hydroxyl groups is 2. The number of hydrogen-bond donors (Lipinski definition) is 2. The Bertz CT molecular complexity index is 372. The van der Waals surface area contributed by atoms with Crippen molar-refractivity contribution in [3.05, 3.63) is 0 Å². The lowest BCUT2D eigenvalue weighted by Gasteiger charge is -2.46. The maximum absolute atomic E-state index is 11.4. The van der Waals surface area contributed by atoms with Crippen LogP contribution in [0.4, 0.5) is 0 Å². The van der Waals surface area contributed by atoms with E-state index in [2.05, 4.69) is 0 Å². The zero-order chi connectivity index (χ0) is 15.9. The van der Waals surface area contributed by atoms with Gasteiger partial charge in [0.15, 0.2) is 0 Å². The van der Waals surface area contributed by atoms with Gasteiger partial charge in [-0.2, -0.15) is 0 Å². The van der Waals surface area contributed by atoms with Gasteiger partial charge in [-0.15, -0.1) is 0 Å². The molecular weight excluding hydrogens is 296 g/mol. The molecule has 2 aliphatic carbocycles. The number of hydrogen-bond acceptors (Lipinski definition) is 5. The van der Waals surface area contributed by atoms with E-state index in [1.807, 2.05) is 0 Å². The smallest absolute Gasteiger partial charge is 0.200 e. The topological polar surface area (TPSA) is 74.8 Å². The molecule has 0 amide bonds. The lowest BCUT2D eigenvalue weighted by molar-refractivity contribution is -0.380. The molecule has 4 unspecified atom stereocenters. The highest BCUT2D eigenvalue weighted by Gasteiger charge is 2.61. The largest absolute Gasteiger partial charge is 0.367 e. The molecule has 2 N–H and O–H groups in total. The molecule has 0 aromatic rings. The van der Waals surface area contributed by atoms with Gasteiger partial charge in [0.05, 0.1) is 13.2 Å². The first-order valence-corrected chi connectivity index (χ1v) is 9.51. The summed E-state index contributed by atoms with van der Waals surface area (Å²) in [7, 11) is 0. The summed E-state index contributed by atoms with van der Waals surface area (Å²) in [5.74, 6) is -2.62. The second-order valence-corrected chi connectivity index (χ2v) is 7.92. The molecule has 132 valence electrons. The Kier molecular flexibility index (Phi) is 4.43. The normalized spacial score (nSPS) is 37.8. The molecule has 5 heteroatoms. The van der Waals surface area contributed by atoms with Gasteiger partial charge >= 0.3 is 0 Å². The lowest BCUT2D eigenvalue weighted by atomic mass is 9.79. The first-order valence-electron chi connectivity index (χ1n) is 9.51. The van der Waals surface area contributed by atoms with Crippen molar-refractivity contribution in [2.24, 2.45) is 11.8 Å². The molecule has 2 heterocycles. The molecule has 4 fully saturated rings. The molecule has 0 bridgehead atoms. The Balaban J connectivity index is 1.55. The molecule has 0 radical (unpaired) electrons. The molecule has 4 rings (SSSR count). The standard InChI is InChI=1S/C18H30O5/c19-17(15-11-21-15,13-7-3-1-4-8-13)23-18(20,16-12-22-16)14-9-5-2-6-10-14/h13-16,19-20H,1-12H2. The van der Waals surface area contributed by atoms with Crippen molar-refractivity contribution < 1.29 is 24.4 Å².